The number of hydrogen-bond acceptors (Lipinski definition) is 4. The first-order valence-corrected chi connectivity index (χ1v) is 7.44. The van der Waals surface area contributed by atoms with Crippen LogP contribution in [0.1, 0.15) is 17.9 Å². The summed E-state index contributed by atoms with van der Waals surface area (Å²) in [4.78, 5) is 26.2. The molecule has 23 heavy (non-hydrogen) atoms. The molecular weight excluding hydrogens is 296 g/mol. The predicted octanol–water partition coefficient (Wildman–Crippen LogP) is 1.37. The number of anilines is 1. The van der Waals surface area contributed by atoms with Crippen LogP contribution in [0.4, 0.5) is 5.69 Å². The average Bonchev–Trinajstić information content (AvgIpc) is 3.11. The molecule has 1 aromatic carbocycles. The van der Waals surface area contributed by atoms with Crippen molar-refractivity contribution in [3.05, 3.63) is 54.0 Å². The van der Waals surface area contributed by atoms with Gasteiger partial charge >= 0.3 is 0 Å². The molecule has 6 heteroatoms. The van der Waals surface area contributed by atoms with E-state index in [4.69, 9.17) is 4.42 Å². The lowest BCUT2D eigenvalue weighted by Gasteiger charge is -2.21. The van der Waals surface area contributed by atoms with Crippen molar-refractivity contribution in [2.24, 2.45) is 0 Å². The lowest BCUT2D eigenvalue weighted by atomic mass is 10.0. The summed E-state index contributed by atoms with van der Waals surface area (Å²) in [6.45, 7) is 2.23. The third-order valence-corrected chi connectivity index (χ3v) is 3.96. The van der Waals surface area contributed by atoms with E-state index in [0.29, 0.717) is 18.0 Å². The first-order chi connectivity index (χ1) is 11.0. The molecule has 0 saturated carbocycles. The molecule has 0 radical (unpaired) electrons. The van der Waals surface area contributed by atoms with Crippen LogP contribution in [0.25, 0.3) is 0 Å². The van der Waals surface area contributed by atoms with Gasteiger partial charge in [0.05, 0.1) is 6.54 Å². The highest BCUT2D eigenvalue weighted by molar-refractivity contribution is 6.16. The maximum absolute atomic E-state index is 12.5. The van der Waals surface area contributed by atoms with E-state index in [9.17, 15) is 14.7 Å². The largest absolute Gasteiger partial charge is 0.465 e. The minimum atomic E-state index is -2.03. The molecule has 3 rings (SSSR count). The molecule has 1 aliphatic heterocycles. The van der Waals surface area contributed by atoms with Crippen LogP contribution < -0.4 is 10.2 Å². The summed E-state index contributed by atoms with van der Waals surface area (Å²) < 4.78 is 5.36. The van der Waals surface area contributed by atoms with Gasteiger partial charge in [-0.2, -0.15) is 0 Å². The quantitative estimate of drug-likeness (QED) is 0.835. The van der Waals surface area contributed by atoms with Crippen molar-refractivity contribution >= 4 is 17.5 Å². The zero-order valence-corrected chi connectivity index (χ0v) is 12.8. The SMILES string of the molecule is Cc1ccc(CNC(=O)C2(O)CCN(c3ccccc3)C2=O)o1. The lowest BCUT2D eigenvalue weighted by Crippen LogP contribution is -2.52. The molecule has 2 N–H and O–H groups in total. The van der Waals surface area contributed by atoms with Crippen molar-refractivity contribution < 1.29 is 19.1 Å². The molecule has 120 valence electrons. The molecule has 1 aliphatic rings. The Hall–Kier alpha value is -2.60. The molecule has 1 saturated heterocycles. The van der Waals surface area contributed by atoms with Gasteiger partial charge in [0.2, 0.25) is 5.60 Å². The number of aryl methyl sites for hydroxylation is 1. The zero-order valence-electron chi connectivity index (χ0n) is 12.8. The number of aliphatic hydroxyl groups is 1. The van der Waals surface area contributed by atoms with Crippen LogP contribution in [0, 0.1) is 6.92 Å². The second-order valence-electron chi connectivity index (χ2n) is 5.60. The number of benzene rings is 1. The fraction of sp³-hybridized carbons (Fsp3) is 0.294. The molecule has 1 fully saturated rings. The van der Waals surface area contributed by atoms with E-state index >= 15 is 0 Å². The monoisotopic (exact) mass is 314 g/mol. The third-order valence-electron chi connectivity index (χ3n) is 3.96. The number of para-hydroxylation sites is 1. The number of carbonyl (C=O) groups excluding carboxylic acids is 2. The Balaban J connectivity index is 1.69. The van der Waals surface area contributed by atoms with Crippen LogP contribution in [0.3, 0.4) is 0 Å². The second kappa shape index (κ2) is 5.89. The van der Waals surface area contributed by atoms with E-state index in [1.54, 1.807) is 43.3 Å². The summed E-state index contributed by atoms with van der Waals surface area (Å²) in [6.07, 6.45) is 0.0593. The number of amides is 2. The van der Waals surface area contributed by atoms with Gasteiger partial charge in [0, 0.05) is 18.7 Å². The summed E-state index contributed by atoms with van der Waals surface area (Å²) in [7, 11) is 0. The number of furan rings is 1. The Kier molecular flexibility index (Phi) is 3.92. The smallest absolute Gasteiger partial charge is 0.268 e. The minimum Gasteiger partial charge on any atom is -0.465 e. The van der Waals surface area contributed by atoms with Crippen LogP contribution in [-0.2, 0) is 16.1 Å². The minimum absolute atomic E-state index is 0.0593. The van der Waals surface area contributed by atoms with E-state index in [-0.39, 0.29) is 13.0 Å². The van der Waals surface area contributed by atoms with Gasteiger partial charge in [0.25, 0.3) is 11.8 Å². The second-order valence-corrected chi connectivity index (χ2v) is 5.60. The maximum Gasteiger partial charge on any atom is 0.268 e. The molecular formula is C17H18N2O4. The summed E-state index contributed by atoms with van der Waals surface area (Å²) >= 11 is 0. The molecule has 0 bridgehead atoms. The highest BCUT2D eigenvalue weighted by Gasteiger charge is 2.51. The molecule has 2 aromatic rings. The van der Waals surface area contributed by atoms with Crippen LogP contribution in [-0.4, -0.2) is 29.1 Å². The van der Waals surface area contributed by atoms with E-state index in [0.717, 1.165) is 5.76 Å². The van der Waals surface area contributed by atoms with Crippen molar-refractivity contribution in [1.82, 2.24) is 5.32 Å². The Labute approximate surface area is 133 Å². The zero-order chi connectivity index (χ0) is 16.4. The lowest BCUT2D eigenvalue weighted by molar-refractivity contribution is -0.149. The van der Waals surface area contributed by atoms with Gasteiger partial charge in [-0.1, -0.05) is 18.2 Å². The number of nitrogens with one attached hydrogen (secondary N) is 1. The van der Waals surface area contributed by atoms with Gasteiger partial charge < -0.3 is 19.7 Å². The van der Waals surface area contributed by atoms with Crippen molar-refractivity contribution in [3.8, 4) is 0 Å². The van der Waals surface area contributed by atoms with E-state index in [2.05, 4.69) is 5.32 Å². The number of carbonyl (C=O) groups is 2. The van der Waals surface area contributed by atoms with Gasteiger partial charge in [-0.05, 0) is 31.2 Å². The van der Waals surface area contributed by atoms with Gasteiger partial charge in [0.15, 0.2) is 0 Å². The van der Waals surface area contributed by atoms with Crippen molar-refractivity contribution in [1.29, 1.82) is 0 Å². The highest BCUT2D eigenvalue weighted by Crippen LogP contribution is 2.28. The Morgan fingerprint density at radius 2 is 2.04 bits per heavy atom. The summed E-state index contributed by atoms with van der Waals surface area (Å²) in [5.41, 5.74) is -1.36. The fourth-order valence-electron chi connectivity index (χ4n) is 2.66. The van der Waals surface area contributed by atoms with Gasteiger partial charge in [0.1, 0.15) is 11.5 Å². The van der Waals surface area contributed by atoms with Crippen LogP contribution in [0.15, 0.2) is 46.9 Å². The molecule has 2 heterocycles. The average molecular weight is 314 g/mol. The van der Waals surface area contributed by atoms with Crippen LogP contribution >= 0.6 is 0 Å². The normalized spacial score (nSPS) is 20.8. The molecule has 0 aliphatic carbocycles. The van der Waals surface area contributed by atoms with Crippen LogP contribution in [0.2, 0.25) is 0 Å². The van der Waals surface area contributed by atoms with E-state index < -0.39 is 17.4 Å². The topological polar surface area (TPSA) is 82.8 Å². The first kappa shape index (κ1) is 15.3. The van der Waals surface area contributed by atoms with E-state index in [1.807, 2.05) is 6.07 Å². The molecule has 2 amide bonds. The van der Waals surface area contributed by atoms with E-state index in [1.165, 1.54) is 4.90 Å². The van der Waals surface area contributed by atoms with Crippen molar-refractivity contribution in [3.63, 3.8) is 0 Å². The Bertz CT molecular complexity index is 725. The third kappa shape index (κ3) is 2.85. The first-order valence-electron chi connectivity index (χ1n) is 7.44. The standard InChI is InChI=1S/C17H18N2O4/c1-12-7-8-14(23-12)11-18-15(20)17(22)9-10-19(16(17)21)13-5-3-2-4-6-13/h2-8,22H,9-11H2,1H3,(H,18,20). The maximum atomic E-state index is 12.5. The van der Waals surface area contributed by atoms with Gasteiger partial charge in [-0.15, -0.1) is 0 Å². The number of hydrogen-bond donors (Lipinski definition) is 2. The molecule has 0 spiro atoms. The summed E-state index contributed by atoms with van der Waals surface area (Å²) in [6, 6.07) is 12.5. The molecule has 1 aromatic heterocycles. The number of nitrogens with zero attached hydrogens (tertiary/aromatic N) is 1. The Morgan fingerprint density at radius 1 is 1.30 bits per heavy atom. The van der Waals surface area contributed by atoms with Crippen molar-refractivity contribution in [2.75, 3.05) is 11.4 Å². The van der Waals surface area contributed by atoms with Gasteiger partial charge in [-0.25, -0.2) is 0 Å². The van der Waals surface area contributed by atoms with Crippen LogP contribution in [0.5, 0.6) is 0 Å². The van der Waals surface area contributed by atoms with Crippen molar-refractivity contribution in [2.45, 2.75) is 25.5 Å². The molecule has 1 atom stereocenters. The predicted molar refractivity (Wildman–Crippen MR) is 83.7 cm³/mol. The highest BCUT2D eigenvalue weighted by atomic mass is 16.3. The summed E-state index contributed by atoms with van der Waals surface area (Å²) in [5.74, 6) is 0.0109. The van der Waals surface area contributed by atoms with Gasteiger partial charge in [-0.3, -0.25) is 9.59 Å². The summed E-state index contributed by atoms with van der Waals surface area (Å²) in [5, 5.41) is 13.1. The number of rotatable bonds is 4. The fourth-order valence-corrected chi connectivity index (χ4v) is 2.66. The Morgan fingerprint density at radius 3 is 2.70 bits per heavy atom. The molecule has 6 nitrogen and oxygen atoms in total. The molecule has 1 unspecified atom stereocenters.